The maximum absolute atomic E-state index is 12.5. The van der Waals surface area contributed by atoms with Gasteiger partial charge in [0.2, 0.25) is 5.91 Å². The molecule has 0 bridgehead atoms. The summed E-state index contributed by atoms with van der Waals surface area (Å²) in [5.41, 5.74) is 1.89. The quantitative estimate of drug-likeness (QED) is 0.908. The first-order chi connectivity index (χ1) is 12.1. The van der Waals surface area contributed by atoms with E-state index in [2.05, 4.69) is 5.32 Å². The molecular weight excluding hydrogens is 320 g/mol. The second-order valence-electron chi connectivity index (χ2n) is 5.72. The second-order valence-corrected chi connectivity index (χ2v) is 5.72. The van der Waals surface area contributed by atoms with E-state index < -0.39 is 0 Å². The first-order valence-corrected chi connectivity index (χ1v) is 8.06. The number of carbonyl (C=O) groups is 2. The van der Waals surface area contributed by atoms with Crippen LogP contribution in [0.5, 0.6) is 11.5 Å². The zero-order valence-corrected chi connectivity index (χ0v) is 14.2. The minimum Gasteiger partial charge on any atom is -0.497 e. The summed E-state index contributed by atoms with van der Waals surface area (Å²) in [5.74, 6) is 1.05. The van der Waals surface area contributed by atoms with Crippen LogP contribution in [0.4, 0.5) is 11.4 Å². The van der Waals surface area contributed by atoms with Gasteiger partial charge < -0.3 is 19.7 Å². The zero-order valence-electron chi connectivity index (χ0n) is 14.2. The first-order valence-electron chi connectivity index (χ1n) is 8.06. The maximum atomic E-state index is 12.5. The molecule has 0 saturated carbocycles. The van der Waals surface area contributed by atoms with Crippen LogP contribution in [0.15, 0.2) is 42.5 Å². The monoisotopic (exact) mass is 340 g/mol. The van der Waals surface area contributed by atoms with E-state index in [9.17, 15) is 9.59 Å². The number of hydrogen-bond donors (Lipinski definition) is 1. The van der Waals surface area contributed by atoms with Gasteiger partial charge in [-0.2, -0.15) is 0 Å². The van der Waals surface area contributed by atoms with Crippen LogP contribution in [-0.4, -0.2) is 32.6 Å². The van der Waals surface area contributed by atoms with Gasteiger partial charge >= 0.3 is 0 Å². The summed E-state index contributed by atoms with van der Waals surface area (Å²) in [5, 5.41) is 2.83. The summed E-state index contributed by atoms with van der Waals surface area (Å²) in [6.07, 6.45) is 1.46. The molecule has 1 fully saturated rings. The lowest BCUT2D eigenvalue weighted by molar-refractivity contribution is -0.117. The molecule has 1 heterocycles. The van der Waals surface area contributed by atoms with Crippen molar-refractivity contribution in [2.75, 3.05) is 31.0 Å². The standard InChI is InChI=1S/C19H20N2O4/c1-24-15-9-10-16(17(12-15)25-2)20-19(23)13-5-7-14(8-6-13)21-11-3-4-18(21)22/h5-10,12H,3-4,11H2,1-2H3,(H,20,23). The number of nitrogens with zero attached hydrogens (tertiary/aromatic N) is 1. The highest BCUT2D eigenvalue weighted by Crippen LogP contribution is 2.29. The van der Waals surface area contributed by atoms with Crippen molar-refractivity contribution in [2.45, 2.75) is 12.8 Å². The highest BCUT2D eigenvalue weighted by molar-refractivity contribution is 6.05. The Morgan fingerprint density at radius 1 is 1.08 bits per heavy atom. The molecule has 1 N–H and O–H groups in total. The van der Waals surface area contributed by atoms with Crippen LogP contribution < -0.4 is 19.7 Å². The lowest BCUT2D eigenvalue weighted by atomic mass is 10.1. The number of ether oxygens (including phenoxy) is 2. The Morgan fingerprint density at radius 2 is 1.84 bits per heavy atom. The minimum absolute atomic E-state index is 0.125. The second kappa shape index (κ2) is 7.25. The molecule has 1 aliphatic rings. The van der Waals surface area contributed by atoms with Crippen molar-refractivity contribution >= 4 is 23.2 Å². The van der Waals surface area contributed by atoms with Gasteiger partial charge in [-0.05, 0) is 42.8 Å². The largest absolute Gasteiger partial charge is 0.497 e. The van der Waals surface area contributed by atoms with Crippen LogP contribution in [0, 0.1) is 0 Å². The highest BCUT2D eigenvalue weighted by Gasteiger charge is 2.21. The van der Waals surface area contributed by atoms with Gasteiger partial charge in [0.15, 0.2) is 0 Å². The number of methoxy groups -OCH3 is 2. The number of anilines is 2. The Bertz CT molecular complexity index is 787. The summed E-state index contributed by atoms with van der Waals surface area (Å²) < 4.78 is 10.4. The molecule has 3 rings (SSSR count). The van der Waals surface area contributed by atoms with Crippen molar-refractivity contribution in [3.63, 3.8) is 0 Å². The average Bonchev–Trinajstić information content (AvgIpc) is 3.08. The topological polar surface area (TPSA) is 67.9 Å². The molecule has 1 aliphatic heterocycles. The number of hydrogen-bond acceptors (Lipinski definition) is 4. The zero-order chi connectivity index (χ0) is 17.8. The smallest absolute Gasteiger partial charge is 0.255 e. The molecule has 25 heavy (non-hydrogen) atoms. The number of benzene rings is 2. The van der Waals surface area contributed by atoms with Crippen LogP contribution in [-0.2, 0) is 4.79 Å². The van der Waals surface area contributed by atoms with Gasteiger partial charge in [-0.25, -0.2) is 0 Å². The van der Waals surface area contributed by atoms with Gasteiger partial charge in [0.25, 0.3) is 5.91 Å². The Hall–Kier alpha value is -3.02. The summed E-state index contributed by atoms with van der Waals surface area (Å²) in [6, 6.07) is 12.2. The normalized spacial score (nSPS) is 13.7. The van der Waals surface area contributed by atoms with Crippen molar-refractivity contribution < 1.29 is 19.1 Å². The molecule has 130 valence electrons. The predicted molar refractivity (Wildman–Crippen MR) is 95.5 cm³/mol. The summed E-state index contributed by atoms with van der Waals surface area (Å²) in [6.45, 7) is 0.730. The van der Waals surface area contributed by atoms with Crippen LogP contribution in [0.2, 0.25) is 0 Å². The molecule has 6 nitrogen and oxygen atoms in total. The fourth-order valence-electron chi connectivity index (χ4n) is 2.81. The first kappa shape index (κ1) is 16.8. The molecule has 0 radical (unpaired) electrons. The lowest BCUT2D eigenvalue weighted by Crippen LogP contribution is -2.23. The third-order valence-electron chi connectivity index (χ3n) is 4.17. The molecule has 6 heteroatoms. The number of carbonyl (C=O) groups excluding carboxylic acids is 2. The molecule has 2 aromatic carbocycles. The molecular formula is C19H20N2O4. The Kier molecular flexibility index (Phi) is 4.88. The van der Waals surface area contributed by atoms with Crippen molar-refractivity contribution in [2.24, 2.45) is 0 Å². The third kappa shape index (κ3) is 3.57. The van der Waals surface area contributed by atoms with Gasteiger partial charge in [0.1, 0.15) is 11.5 Å². The summed E-state index contributed by atoms with van der Waals surface area (Å²) in [4.78, 5) is 26.0. The Balaban J connectivity index is 1.74. The molecule has 0 unspecified atom stereocenters. The van der Waals surface area contributed by atoms with E-state index in [1.807, 2.05) is 0 Å². The molecule has 0 aromatic heterocycles. The highest BCUT2D eigenvalue weighted by atomic mass is 16.5. The van der Waals surface area contributed by atoms with E-state index in [0.717, 1.165) is 18.7 Å². The predicted octanol–water partition coefficient (Wildman–Crippen LogP) is 3.08. The fraction of sp³-hybridized carbons (Fsp3) is 0.263. The fourth-order valence-corrected chi connectivity index (χ4v) is 2.81. The van der Waals surface area contributed by atoms with Crippen LogP contribution in [0.25, 0.3) is 0 Å². The minimum atomic E-state index is -0.247. The van der Waals surface area contributed by atoms with E-state index in [1.165, 1.54) is 7.11 Å². The molecule has 2 aromatic rings. The van der Waals surface area contributed by atoms with Crippen molar-refractivity contribution in [1.29, 1.82) is 0 Å². The third-order valence-corrected chi connectivity index (χ3v) is 4.17. The van der Waals surface area contributed by atoms with Crippen LogP contribution in [0.1, 0.15) is 23.2 Å². The molecule has 1 saturated heterocycles. The van der Waals surface area contributed by atoms with Crippen LogP contribution >= 0.6 is 0 Å². The van der Waals surface area contributed by atoms with Crippen LogP contribution in [0.3, 0.4) is 0 Å². The van der Waals surface area contributed by atoms with Gasteiger partial charge in [0, 0.05) is 30.3 Å². The van der Waals surface area contributed by atoms with E-state index in [-0.39, 0.29) is 11.8 Å². The maximum Gasteiger partial charge on any atom is 0.255 e. The Labute approximate surface area is 146 Å². The number of nitrogens with one attached hydrogen (secondary N) is 1. The average molecular weight is 340 g/mol. The number of rotatable bonds is 5. The van der Waals surface area contributed by atoms with Crippen molar-refractivity contribution in [3.05, 3.63) is 48.0 Å². The molecule has 0 spiro atoms. The SMILES string of the molecule is COc1ccc(NC(=O)c2ccc(N3CCCC3=O)cc2)c(OC)c1. The van der Waals surface area contributed by atoms with E-state index in [0.29, 0.717) is 29.2 Å². The van der Waals surface area contributed by atoms with Gasteiger partial charge in [-0.15, -0.1) is 0 Å². The summed E-state index contributed by atoms with van der Waals surface area (Å²) >= 11 is 0. The van der Waals surface area contributed by atoms with Crippen molar-refractivity contribution in [3.8, 4) is 11.5 Å². The lowest BCUT2D eigenvalue weighted by Gasteiger charge is -2.16. The Morgan fingerprint density at radius 3 is 2.44 bits per heavy atom. The molecule has 0 aliphatic carbocycles. The molecule has 0 atom stereocenters. The van der Waals surface area contributed by atoms with E-state index >= 15 is 0 Å². The van der Waals surface area contributed by atoms with Gasteiger partial charge in [-0.1, -0.05) is 0 Å². The van der Waals surface area contributed by atoms with Crippen molar-refractivity contribution in [1.82, 2.24) is 0 Å². The number of amides is 2. The van der Waals surface area contributed by atoms with E-state index in [4.69, 9.17) is 9.47 Å². The molecule has 2 amide bonds. The van der Waals surface area contributed by atoms with Gasteiger partial charge in [-0.3, -0.25) is 9.59 Å². The van der Waals surface area contributed by atoms with Gasteiger partial charge in [0.05, 0.1) is 19.9 Å². The summed E-state index contributed by atoms with van der Waals surface area (Å²) in [7, 11) is 3.10. The van der Waals surface area contributed by atoms with E-state index in [1.54, 1.807) is 54.5 Å².